The molecule has 5 aliphatic rings. The van der Waals surface area contributed by atoms with Crippen molar-refractivity contribution in [2.24, 2.45) is 56.7 Å². The summed E-state index contributed by atoms with van der Waals surface area (Å²) in [6.07, 6.45) is 9.82. The van der Waals surface area contributed by atoms with Crippen LogP contribution >= 0.6 is 0 Å². The molecule has 0 bridgehead atoms. The number of rotatable bonds is 7. The summed E-state index contributed by atoms with van der Waals surface area (Å²) in [7, 11) is 0. The fourth-order valence-corrected chi connectivity index (χ4v) is 12.9. The minimum Gasteiger partial charge on any atom is -0.479 e. The molecule has 0 aromatic heterocycles. The molecule has 0 radical (unpaired) electrons. The molecule has 4 N–H and O–H groups in total. The zero-order valence-electron chi connectivity index (χ0n) is 29.2. The molecule has 1 aromatic rings. The molecule has 4 saturated carbocycles. The molecule has 7 nitrogen and oxygen atoms in total. The van der Waals surface area contributed by atoms with Crippen molar-refractivity contribution in [3.8, 4) is 0 Å². The van der Waals surface area contributed by atoms with Gasteiger partial charge in [0.05, 0.1) is 17.5 Å². The van der Waals surface area contributed by atoms with Gasteiger partial charge in [0.1, 0.15) is 0 Å². The van der Waals surface area contributed by atoms with Gasteiger partial charge in [-0.1, -0.05) is 65.0 Å². The zero-order chi connectivity index (χ0) is 34.3. The van der Waals surface area contributed by atoms with E-state index in [0.717, 1.165) is 68.9 Å². The number of amides is 1. The molecule has 0 aliphatic heterocycles. The van der Waals surface area contributed by atoms with Crippen molar-refractivity contribution >= 4 is 23.4 Å². The number of aliphatic hydroxyl groups is 1. The molecule has 10 atom stereocenters. The maximum absolute atomic E-state index is 14.1. The molecule has 1 amide bonds. The van der Waals surface area contributed by atoms with Crippen LogP contribution in [0.15, 0.2) is 42.5 Å². The molecule has 10 unspecified atom stereocenters. The number of nitrogens with one attached hydrogen (secondary N) is 1. The summed E-state index contributed by atoms with van der Waals surface area (Å²) in [4.78, 5) is 36.9. The van der Waals surface area contributed by atoms with Crippen molar-refractivity contribution in [2.45, 2.75) is 105 Å². The number of aromatic carboxylic acids is 1. The third-order valence-electron chi connectivity index (χ3n) is 15.3. The monoisotopic (exact) mass is 645 g/mol. The van der Waals surface area contributed by atoms with Crippen LogP contribution in [-0.2, 0) is 9.59 Å². The first-order valence-corrected chi connectivity index (χ1v) is 17.8. The van der Waals surface area contributed by atoms with Gasteiger partial charge in [-0.25, -0.2) is 9.59 Å². The number of aliphatic carboxylic acids is 1. The number of allylic oxidation sites excluding steroid dienone is 3. The predicted octanol–water partition coefficient (Wildman–Crippen LogP) is 7.60. The van der Waals surface area contributed by atoms with Gasteiger partial charge < -0.3 is 20.6 Å². The molecule has 7 heteroatoms. The first-order chi connectivity index (χ1) is 21.9. The number of carboxylic acids is 2. The standard InChI is InChI=1S/C40H55NO6/c1-23(2)26-14-19-40(35(47)41-22-29(42)34(45)46)21-20-38(6)28(32(26)40)12-13-31-37(5)17-15-27(24-8-10-25(11-9-24)33(43)44)36(3,4)30(37)16-18-39(31,38)7/h8-11,15,26,28-32,42H,1,12-14,16-22H2,2-7H3,(H,41,47)(H,43,44)(H,45,46). The first kappa shape index (κ1) is 34.0. The van der Waals surface area contributed by atoms with E-state index in [2.05, 4.69) is 59.5 Å². The maximum Gasteiger partial charge on any atom is 0.335 e. The van der Waals surface area contributed by atoms with E-state index in [-0.39, 0.29) is 45.9 Å². The molecule has 1 aromatic carbocycles. The minimum absolute atomic E-state index is 0.0533. The largest absolute Gasteiger partial charge is 0.479 e. The van der Waals surface area contributed by atoms with Crippen molar-refractivity contribution in [3.05, 3.63) is 53.6 Å². The highest BCUT2D eigenvalue weighted by Crippen LogP contribution is 2.77. The predicted molar refractivity (Wildman–Crippen MR) is 182 cm³/mol. The summed E-state index contributed by atoms with van der Waals surface area (Å²) < 4.78 is 0. The third kappa shape index (κ3) is 4.80. The molecule has 0 spiro atoms. The van der Waals surface area contributed by atoms with Gasteiger partial charge >= 0.3 is 11.9 Å². The Kier molecular flexibility index (Phi) is 8.18. The van der Waals surface area contributed by atoms with Crippen LogP contribution in [0.2, 0.25) is 0 Å². The Morgan fingerprint density at radius 1 is 0.894 bits per heavy atom. The van der Waals surface area contributed by atoms with E-state index in [1.807, 2.05) is 12.1 Å². The summed E-state index contributed by atoms with van der Waals surface area (Å²) in [5.41, 5.74) is 3.57. The van der Waals surface area contributed by atoms with E-state index >= 15 is 0 Å². The summed E-state index contributed by atoms with van der Waals surface area (Å²) in [5, 5.41) is 31.5. The van der Waals surface area contributed by atoms with Crippen LogP contribution in [0, 0.1) is 56.7 Å². The summed E-state index contributed by atoms with van der Waals surface area (Å²) in [6.45, 7) is 18.7. The Morgan fingerprint density at radius 2 is 1.57 bits per heavy atom. The topological polar surface area (TPSA) is 124 Å². The lowest BCUT2D eigenvalue weighted by molar-refractivity contribution is -0.225. The van der Waals surface area contributed by atoms with E-state index in [4.69, 9.17) is 0 Å². The van der Waals surface area contributed by atoms with E-state index in [1.165, 1.54) is 5.57 Å². The van der Waals surface area contributed by atoms with E-state index < -0.39 is 23.5 Å². The number of carbonyl (C=O) groups is 3. The molecule has 6 rings (SSSR count). The van der Waals surface area contributed by atoms with Crippen molar-refractivity contribution in [3.63, 3.8) is 0 Å². The normalized spacial score (nSPS) is 40.8. The Labute approximate surface area is 280 Å². The lowest BCUT2D eigenvalue weighted by atomic mass is 9.32. The highest BCUT2D eigenvalue weighted by Gasteiger charge is 2.71. The fraction of sp³-hybridized carbons (Fsp3) is 0.675. The van der Waals surface area contributed by atoms with Crippen molar-refractivity contribution in [1.82, 2.24) is 5.32 Å². The lowest BCUT2D eigenvalue weighted by Gasteiger charge is -2.72. The zero-order valence-corrected chi connectivity index (χ0v) is 29.2. The minimum atomic E-state index is -1.61. The number of carboxylic acid groups (broad SMARTS) is 2. The average Bonchev–Trinajstić information content (AvgIpc) is 3.41. The molecule has 0 heterocycles. The van der Waals surface area contributed by atoms with E-state index in [1.54, 1.807) is 12.1 Å². The number of hydrogen-bond acceptors (Lipinski definition) is 4. The van der Waals surface area contributed by atoms with Crippen LogP contribution in [0.3, 0.4) is 0 Å². The Balaban J connectivity index is 1.33. The van der Waals surface area contributed by atoms with Crippen molar-refractivity contribution in [1.29, 1.82) is 0 Å². The molecule has 256 valence electrons. The van der Waals surface area contributed by atoms with Gasteiger partial charge in [0.15, 0.2) is 6.10 Å². The highest BCUT2D eigenvalue weighted by atomic mass is 16.4. The smallest absolute Gasteiger partial charge is 0.335 e. The quantitative estimate of drug-likeness (QED) is 0.227. The molecular weight excluding hydrogens is 590 g/mol. The fourth-order valence-electron chi connectivity index (χ4n) is 12.9. The van der Waals surface area contributed by atoms with Crippen LogP contribution in [0.4, 0.5) is 0 Å². The van der Waals surface area contributed by atoms with Crippen LogP contribution in [0.5, 0.6) is 0 Å². The van der Waals surface area contributed by atoms with Crippen LogP contribution in [0.1, 0.15) is 115 Å². The summed E-state index contributed by atoms with van der Waals surface area (Å²) in [5.74, 6) is -0.482. The Morgan fingerprint density at radius 3 is 2.19 bits per heavy atom. The molecule has 5 aliphatic carbocycles. The molecular formula is C40H55NO6. The first-order valence-electron chi connectivity index (χ1n) is 17.8. The van der Waals surface area contributed by atoms with Crippen molar-refractivity contribution < 1.29 is 29.7 Å². The van der Waals surface area contributed by atoms with Crippen LogP contribution in [-0.4, -0.2) is 45.8 Å². The summed E-state index contributed by atoms with van der Waals surface area (Å²) >= 11 is 0. The third-order valence-corrected chi connectivity index (χ3v) is 15.3. The van der Waals surface area contributed by atoms with Crippen molar-refractivity contribution in [2.75, 3.05) is 6.54 Å². The van der Waals surface area contributed by atoms with Gasteiger partial charge in [-0.2, -0.15) is 0 Å². The van der Waals surface area contributed by atoms with Gasteiger partial charge in [0.2, 0.25) is 5.91 Å². The van der Waals surface area contributed by atoms with Gasteiger partial charge in [-0.05, 0) is 139 Å². The number of benzene rings is 1. The average molecular weight is 646 g/mol. The number of carbonyl (C=O) groups excluding carboxylic acids is 1. The van der Waals surface area contributed by atoms with E-state index in [9.17, 15) is 29.7 Å². The number of hydrogen-bond donors (Lipinski definition) is 4. The van der Waals surface area contributed by atoms with Gasteiger partial charge in [0, 0.05) is 0 Å². The highest BCUT2D eigenvalue weighted by molar-refractivity contribution is 5.88. The van der Waals surface area contributed by atoms with Crippen LogP contribution in [0.25, 0.3) is 5.57 Å². The Hall–Kier alpha value is -2.93. The summed E-state index contributed by atoms with van der Waals surface area (Å²) in [6, 6.07) is 7.40. The SMILES string of the molecule is C=C(C)C1CCC2(C(=O)NCC(O)C(=O)O)CCC3(C)C(CCC4C5(C)CC=C(c6ccc(C(=O)O)cc6)C(C)(C)C5CCC43C)C12. The van der Waals surface area contributed by atoms with E-state index in [0.29, 0.717) is 23.3 Å². The molecule has 0 saturated heterocycles. The molecule has 4 fully saturated rings. The second-order valence-electron chi connectivity index (χ2n) is 17.3. The number of fused-ring (bicyclic) bond motifs is 7. The van der Waals surface area contributed by atoms with Crippen LogP contribution < -0.4 is 5.32 Å². The molecule has 47 heavy (non-hydrogen) atoms. The van der Waals surface area contributed by atoms with Gasteiger partial charge in [0.25, 0.3) is 0 Å². The van der Waals surface area contributed by atoms with Gasteiger partial charge in [-0.3, -0.25) is 4.79 Å². The maximum atomic E-state index is 14.1. The Bertz CT molecular complexity index is 1510. The lowest BCUT2D eigenvalue weighted by Crippen LogP contribution is -2.66. The number of aliphatic hydroxyl groups excluding tert-OH is 1. The second-order valence-corrected chi connectivity index (χ2v) is 17.3. The van der Waals surface area contributed by atoms with Gasteiger partial charge in [-0.15, -0.1) is 0 Å². The second kappa shape index (κ2) is 11.3.